The zero-order valence-corrected chi connectivity index (χ0v) is 36.7. The number of carbonyl (C=O) groups excluding carboxylic acids is 2. The van der Waals surface area contributed by atoms with Gasteiger partial charge in [0.1, 0.15) is 43.2 Å². The van der Waals surface area contributed by atoms with Gasteiger partial charge in [-0.1, -0.05) is 126 Å². The Morgan fingerprint density at radius 1 is 0.542 bits per heavy atom. The van der Waals surface area contributed by atoms with Crippen molar-refractivity contribution in [2.45, 2.75) is 198 Å². The van der Waals surface area contributed by atoms with Crippen molar-refractivity contribution in [2.75, 3.05) is 13.2 Å². The lowest BCUT2D eigenvalue weighted by Gasteiger charge is -2.41. The van der Waals surface area contributed by atoms with Crippen molar-refractivity contribution in [3.63, 3.8) is 0 Å². The molecular weight excluding hydrogens is 779 g/mol. The van der Waals surface area contributed by atoms with E-state index in [1.165, 1.54) is 19.3 Å². The van der Waals surface area contributed by atoms with Gasteiger partial charge in [0, 0.05) is 12.8 Å². The molecule has 0 bridgehead atoms. The molecule has 0 amide bonds. The van der Waals surface area contributed by atoms with Crippen LogP contribution in [0.5, 0.6) is 0 Å². The lowest BCUT2D eigenvalue weighted by Crippen LogP contribution is -2.64. The highest BCUT2D eigenvalue weighted by atomic mass is 31.2. The Morgan fingerprint density at radius 3 is 1.47 bits per heavy atom. The van der Waals surface area contributed by atoms with Crippen LogP contribution in [0.4, 0.5) is 0 Å². The van der Waals surface area contributed by atoms with E-state index in [0.717, 1.165) is 96.3 Å². The molecule has 1 aliphatic carbocycles. The van der Waals surface area contributed by atoms with E-state index in [2.05, 4.69) is 74.6 Å². The number of rotatable bonds is 35. The van der Waals surface area contributed by atoms with E-state index in [1.807, 2.05) is 0 Å². The van der Waals surface area contributed by atoms with Gasteiger partial charge >= 0.3 is 19.8 Å². The molecule has 59 heavy (non-hydrogen) atoms. The first-order chi connectivity index (χ1) is 28.4. The number of hydrogen-bond acceptors (Lipinski definition) is 12. The second-order valence-electron chi connectivity index (χ2n) is 15.2. The highest BCUT2D eigenvalue weighted by Gasteiger charge is 2.51. The molecule has 14 heteroatoms. The van der Waals surface area contributed by atoms with Crippen molar-refractivity contribution in [2.24, 2.45) is 0 Å². The quantitative estimate of drug-likeness (QED) is 0.0154. The largest absolute Gasteiger partial charge is 0.472 e. The fraction of sp³-hybridized carbons (Fsp3) is 0.733. The lowest BCUT2D eigenvalue weighted by molar-refractivity contribution is -0.220. The van der Waals surface area contributed by atoms with E-state index in [9.17, 15) is 44.6 Å². The molecular formula is C45H77O13P. The van der Waals surface area contributed by atoms with Crippen LogP contribution < -0.4 is 0 Å². The molecule has 0 saturated heterocycles. The summed E-state index contributed by atoms with van der Waals surface area (Å²) >= 11 is 0. The number of ether oxygens (including phenoxy) is 2. The van der Waals surface area contributed by atoms with Gasteiger partial charge < -0.3 is 39.9 Å². The summed E-state index contributed by atoms with van der Waals surface area (Å²) in [4.78, 5) is 35.6. The molecule has 1 fully saturated rings. The van der Waals surface area contributed by atoms with Crippen LogP contribution in [0.15, 0.2) is 60.8 Å². The molecule has 0 aromatic heterocycles. The molecule has 0 heterocycles. The van der Waals surface area contributed by atoms with Gasteiger partial charge in [-0.3, -0.25) is 18.6 Å². The average molecular weight is 857 g/mol. The summed E-state index contributed by atoms with van der Waals surface area (Å²) in [6, 6.07) is 0. The van der Waals surface area contributed by atoms with Crippen LogP contribution in [0, 0.1) is 0 Å². The Hall–Kier alpha value is -2.45. The van der Waals surface area contributed by atoms with Gasteiger partial charge in [-0.2, -0.15) is 0 Å². The van der Waals surface area contributed by atoms with E-state index >= 15 is 0 Å². The minimum Gasteiger partial charge on any atom is -0.462 e. The summed E-state index contributed by atoms with van der Waals surface area (Å²) < 4.78 is 33.4. The van der Waals surface area contributed by atoms with Gasteiger partial charge in [0.2, 0.25) is 0 Å². The molecule has 340 valence electrons. The Bertz CT molecular complexity index is 1270. The summed E-state index contributed by atoms with van der Waals surface area (Å²) in [5.41, 5.74) is 0. The lowest BCUT2D eigenvalue weighted by atomic mass is 9.85. The van der Waals surface area contributed by atoms with Crippen molar-refractivity contribution < 1.29 is 63.1 Å². The van der Waals surface area contributed by atoms with Crippen molar-refractivity contribution >= 4 is 19.8 Å². The highest BCUT2D eigenvalue weighted by Crippen LogP contribution is 2.47. The van der Waals surface area contributed by atoms with Crippen molar-refractivity contribution in [1.82, 2.24) is 0 Å². The van der Waals surface area contributed by atoms with Gasteiger partial charge in [0.05, 0.1) is 6.61 Å². The summed E-state index contributed by atoms with van der Waals surface area (Å²) in [6.45, 7) is 3.12. The highest BCUT2D eigenvalue weighted by molar-refractivity contribution is 7.47. The molecule has 0 radical (unpaired) electrons. The number of phosphoric ester groups is 1. The maximum atomic E-state index is 12.8. The first kappa shape index (κ1) is 54.6. The second-order valence-corrected chi connectivity index (χ2v) is 16.6. The predicted molar refractivity (Wildman–Crippen MR) is 230 cm³/mol. The standard InChI is InChI=1S/C45H77O13P/c1-3-5-7-9-11-13-15-17-19-21-23-25-27-29-31-33-38(46)55-35-37(36-56-59(53,54)58-45-43(51)41(49)40(48)42(50)44(45)52)57-39(47)34-32-30-28-26-24-22-20-18-16-14-12-10-8-6-4-2/h6,8,11-14,17-20,37,40-45,48-52H,3-5,7,9-10,15-16,21-36H2,1-2H3,(H,53,54). The third-order valence-electron chi connectivity index (χ3n) is 9.84. The Labute approximate surface area is 353 Å². The molecule has 0 aromatic rings. The third kappa shape index (κ3) is 27.9. The molecule has 6 atom stereocenters. The fourth-order valence-electron chi connectivity index (χ4n) is 6.27. The normalized spacial score (nSPS) is 22.9. The SMILES string of the molecule is CCC=CCC=CCC=CCCCCCCCC(=O)OC(COC(=O)CCCCCCCC=CCC=CCCCCC)COP(=O)(O)OC1C(O)C(O)C(O)C(O)C1O. The number of unbranched alkanes of at least 4 members (excludes halogenated alkanes) is 13. The minimum absolute atomic E-state index is 0.0714. The van der Waals surface area contributed by atoms with Crippen LogP contribution in [0.3, 0.4) is 0 Å². The monoisotopic (exact) mass is 857 g/mol. The van der Waals surface area contributed by atoms with E-state index in [0.29, 0.717) is 12.8 Å². The Balaban J connectivity index is 2.51. The topological polar surface area (TPSA) is 210 Å². The molecule has 1 aliphatic rings. The first-order valence-electron chi connectivity index (χ1n) is 22.1. The summed E-state index contributed by atoms with van der Waals surface area (Å²) in [5, 5.41) is 50.1. The zero-order valence-electron chi connectivity index (χ0n) is 35.8. The van der Waals surface area contributed by atoms with Crippen molar-refractivity contribution in [1.29, 1.82) is 0 Å². The summed E-state index contributed by atoms with van der Waals surface area (Å²) in [7, 11) is -5.13. The van der Waals surface area contributed by atoms with Crippen molar-refractivity contribution in [3.8, 4) is 0 Å². The van der Waals surface area contributed by atoms with Gasteiger partial charge in [-0.05, 0) is 77.0 Å². The van der Waals surface area contributed by atoms with E-state index in [4.69, 9.17) is 18.5 Å². The van der Waals surface area contributed by atoms with Gasteiger partial charge in [0.25, 0.3) is 0 Å². The summed E-state index contributed by atoms with van der Waals surface area (Å²) in [6.07, 6.45) is 28.5. The smallest absolute Gasteiger partial charge is 0.462 e. The Kier molecular flexibility index (Phi) is 32.5. The Morgan fingerprint density at radius 2 is 0.966 bits per heavy atom. The maximum Gasteiger partial charge on any atom is 0.472 e. The summed E-state index contributed by atoms with van der Waals surface area (Å²) in [5.74, 6) is -1.14. The molecule has 0 spiro atoms. The predicted octanol–water partition coefficient (Wildman–Crippen LogP) is 8.16. The zero-order chi connectivity index (χ0) is 43.6. The molecule has 6 unspecified atom stereocenters. The molecule has 0 aliphatic heterocycles. The van der Waals surface area contributed by atoms with Crippen LogP contribution in [-0.4, -0.2) is 98.3 Å². The fourth-order valence-corrected chi connectivity index (χ4v) is 7.24. The van der Waals surface area contributed by atoms with E-state index in [1.54, 1.807) is 0 Å². The molecule has 1 saturated carbocycles. The van der Waals surface area contributed by atoms with Crippen LogP contribution >= 0.6 is 7.82 Å². The van der Waals surface area contributed by atoms with Crippen molar-refractivity contribution in [3.05, 3.63) is 60.8 Å². The van der Waals surface area contributed by atoms with Crippen LogP contribution in [0.25, 0.3) is 0 Å². The molecule has 1 rings (SSSR count). The molecule has 0 aromatic carbocycles. The van der Waals surface area contributed by atoms with Gasteiger partial charge in [-0.25, -0.2) is 4.57 Å². The molecule has 6 N–H and O–H groups in total. The van der Waals surface area contributed by atoms with Crippen LogP contribution in [-0.2, 0) is 32.7 Å². The van der Waals surface area contributed by atoms with Gasteiger partial charge in [0.15, 0.2) is 6.10 Å². The third-order valence-corrected chi connectivity index (χ3v) is 10.8. The number of esters is 2. The number of phosphoric acid groups is 1. The maximum absolute atomic E-state index is 12.8. The average Bonchev–Trinajstić information content (AvgIpc) is 3.21. The first-order valence-corrected chi connectivity index (χ1v) is 23.6. The van der Waals surface area contributed by atoms with Crippen LogP contribution in [0.1, 0.15) is 155 Å². The van der Waals surface area contributed by atoms with Gasteiger partial charge in [-0.15, -0.1) is 0 Å². The number of aliphatic hydroxyl groups excluding tert-OH is 5. The number of carbonyl (C=O) groups is 2. The van der Waals surface area contributed by atoms with Crippen LogP contribution in [0.2, 0.25) is 0 Å². The second kappa shape index (κ2) is 35.2. The van der Waals surface area contributed by atoms with E-state index < -0.39 is 75.7 Å². The number of aliphatic hydroxyl groups is 5. The number of allylic oxidation sites excluding steroid dienone is 10. The minimum atomic E-state index is -5.13. The number of hydrogen-bond donors (Lipinski definition) is 6. The van der Waals surface area contributed by atoms with E-state index in [-0.39, 0.29) is 12.8 Å². The molecule has 13 nitrogen and oxygen atoms in total.